The van der Waals surface area contributed by atoms with E-state index in [0.29, 0.717) is 23.2 Å². The molecule has 0 bridgehead atoms. The average molecular weight is 396 g/mol. The van der Waals surface area contributed by atoms with Crippen LogP contribution >= 0.6 is 0 Å². The zero-order chi connectivity index (χ0) is 21.3. The third kappa shape index (κ3) is 3.68. The number of H-pyrrole nitrogens is 1. The molecule has 29 heavy (non-hydrogen) atoms. The number of rotatable bonds is 7. The van der Waals surface area contributed by atoms with Crippen LogP contribution in [-0.4, -0.2) is 32.5 Å². The van der Waals surface area contributed by atoms with Crippen molar-refractivity contribution in [3.8, 4) is 5.75 Å². The summed E-state index contributed by atoms with van der Waals surface area (Å²) in [5, 5.41) is 9.74. The lowest BCUT2D eigenvalue weighted by Gasteiger charge is -2.16. The van der Waals surface area contributed by atoms with Gasteiger partial charge in [-0.05, 0) is 32.8 Å². The molecule has 0 aliphatic carbocycles. The normalized spacial score (nSPS) is 11.2. The van der Waals surface area contributed by atoms with Gasteiger partial charge in [0.1, 0.15) is 5.39 Å². The van der Waals surface area contributed by atoms with E-state index in [1.165, 1.54) is 4.57 Å². The molecule has 3 rings (SSSR count). The molecule has 7 heteroatoms. The highest BCUT2D eigenvalue weighted by Gasteiger charge is 2.26. The summed E-state index contributed by atoms with van der Waals surface area (Å²) in [7, 11) is 0. The van der Waals surface area contributed by atoms with Crippen molar-refractivity contribution < 1.29 is 19.4 Å². The number of fused-ring (bicyclic) bond motifs is 1. The fraction of sp³-hybridized carbons (Fsp3) is 0.318. The van der Waals surface area contributed by atoms with Gasteiger partial charge in [-0.25, -0.2) is 4.79 Å². The SMILES string of the molecule is CCc1c(C)c2[nH]c(C(=O)O)c(OC(C)C)c2c(=O)n1CC(=O)c1ccccc1. The second kappa shape index (κ2) is 7.95. The molecule has 0 radical (unpaired) electrons. The van der Waals surface area contributed by atoms with E-state index in [1.807, 2.05) is 19.9 Å². The topological polar surface area (TPSA) is 101 Å². The second-order valence-corrected chi connectivity index (χ2v) is 7.16. The molecule has 0 atom stereocenters. The number of ketones is 1. The summed E-state index contributed by atoms with van der Waals surface area (Å²) in [5.74, 6) is -1.39. The van der Waals surface area contributed by atoms with Crippen molar-refractivity contribution >= 4 is 22.7 Å². The minimum absolute atomic E-state index is 0.0131. The molecule has 3 aromatic rings. The van der Waals surface area contributed by atoms with Crippen molar-refractivity contribution in [3.63, 3.8) is 0 Å². The number of aromatic nitrogens is 2. The molecule has 0 saturated carbocycles. The number of pyridine rings is 1. The van der Waals surface area contributed by atoms with Gasteiger partial charge in [0.05, 0.1) is 18.2 Å². The lowest BCUT2D eigenvalue weighted by Crippen LogP contribution is -2.28. The van der Waals surface area contributed by atoms with E-state index in [2.05, 4.69) is 4.98 Å². The molecule has 0 unspecified atom stereocenters. The number of aromatic amines is 1. The number of hydrogen-bond donors (Lipinski definition) is 2. The number of ether oxygens (including phenoxy) is 1. The fourth-order valence-electron chi connectivity index (χ4n) is 3.56. The Morgan fingerprint density at radius 2 is 1.86 bits per heavy atom. The Labute approximate surface area is 167 Å². The van der Waals surface area contributed by atoms with Gasteiger partial charge in [0.15, 0.2) is 17.2 Å². The molecule has 7 nitrogen and oxygen atoms in total. The van der Waals surface area contributed by atoms with Gasteiger partial charge >= 0.3 is 5.97 Å². The maximum Gasteiger partial charge on any atom is 0.356 e. The van der Waals surface area contributed by atoms with Crippen LogP contribution in [0.1, 0.15) is 52.9 Å². The third-order valence-electron chi connectivity index (χ3n) is 4.85. The smallest absolute Gasteiger partial charge is 0.356 e. The van der Waals surface area contributed by atoms with E-state index in [1.54, 1.807) is 38.1 Å². The summed E-state index contributed by atoms with van der Waals surface area (Å²) in [6.45, 7) is 7.09. The summed E-state index contributed by atoms with van der Waals surface area (Å²) >= 11 is 0. The van der Waals surface area contributed by atoms with Crippen LogP contribution in [-0.2, 0) is 13.0 Å². The molecule has 0 aliphatic rings. The van der Waals surface area contributed by atoms with Crippen LogP contribution < -0.4 is 10.3 Å². The molecule has 0 aliphatic heterocycles. The Morgan fingerprint density at radius 1 is 1.21 bits per heavy atom. The van der Waals surface area contributed by atoms with E-state index in [4.69, 9.17) is 4.74 Å². The Balaban J connectivity index is 2.27. The van der Waals surface area contributed by atoms with Gasteiger partial charge in [-0.1, -0.05) is 37.3 Å². The van der Waals surface area contributed by atoms with Crippen molar-refractivity contribution in [2.45, 2.75) is 46.8 Å². The molecular weight excluding hydrogens is 372 g/mol. The molecular formula is C22H24N2O5. The first kappa shape index (κ1) is 20.4. The minimum Gasteiger partial charge on any atom is -0.488 e. The zero-order valence-corrected chi connectivity index (χ0v) is 16.9. The zero-order valence-electron chi connectivity index (χ0n) is 16.9. The summed E-state index contributed by atoms with van der Waals surface area (Å²) in [5.41, 5.74) is 1.75. The first-order chi connectivity index (χ1) is 13.8. The summed E-state index contributed by atoms with van der Waals surface area (Å²) in [4.78, 5) is 40.7. The summed E-state index contributed by atoms with van der Waals surface area (Å²) < 4.78 is 7.13. The van der Waals surface area contributed by atoms with Crippen LogP contribution in [0.5, 0.6) is 5.75 Å². The van der Waals surface area contributed by atoms with E-state index in [-0.39, 0.29) is 35.3 Å². The van der Waals surface area contributed by atoms with Crippen LogP contribution in [0.15, 0.2) is 35.1 Å². The highest BCUT2D eigenvalue weighted by Crippen LogP contribution is 2.32. The van der Waals surface area contributed by atoms with Gasteiger partial charge in [-0.15, -0.1) is 0 Å². The fourth-order valence-corrected chi connectivity index (χ4v) is 3.56. The Hall–Kier alpha value is -3.35. The molecule has 0 spiro atoms. The molecule has 2 heterocycles. The second-order valence-electron chi connectivity index (χ2n) is 7.16. The highest BCUT2D eigenvalue weighted by atomic mass is 16.5. The molecule has 152 valence electrons. The molecule has 0 amide bonds. The van der Waals surface area contributed by atoms with Crippen molar-refractivity contribution in [2.24, 2.45) is 0 Å². The van der Waals surface area contributed by atoms with E-state index < -0.39 is 11.5 Å². The number of aromatic carboxylic acids is 1. The van der Waals surface area contributed by atoms with Gasteiger partial charge in [-0.3, -0.25) is 9.59 Å². The molecule has 2 N–H and O–H groups in total. The summed E-state index contributed by atoms with van der Waals surface area (Å²) in [6, 6.07) is 8.77. The number of benzene rings is 1. The monoisotopic (exact) mass is 396 g/mol. The van der Waals surface area contributed by atoms with E-state index >= 15 is 0 Å². The first-order valence-electron chi connectivity index (χ1n) is 9.52. The molecule has 2 aromatic heterocycles. The number of carboxylic acid groups (broad SMARTS) is 1. The Bertz CT molecular complexity index is 1140. The third-order valence-corrected chi connectivity index (χ3v) is 4.85. The maximum atomic E-state index is 13.4. The number of aryl methyl sites for hydroxylation is 1. The van der Waals surface area contributed by atoms with Crippen LogP contribution in [0.4, 0.5) is 0 Å². The highest BCUT2D eigenvalue weighted by molar-refractivity contribution is 6.01. The Kier molecular flexibility index (Phi) is 5.59. The minimum atomic E-state index is -1.21. The van der Waals surface area contributed by atoms with E-state index in [9.17, 15) is 19.5 Å². The van der Waals surface area contributed by atoms with Gasteiger partial charge < -0.3 is 19.4 Å². The van der Waals surface area contributed by atoms with Crippen LogP contribution in [0.2, 0.25) is 0 Å². The largest absolute Gasteiger partial charge is 0.488 e. The van der Waals surface area contributed by atoms with Gasteiger partial charge in [0, 0.05) is 11.3 Å². The molecule has 1 aromatic carbocycles. The van der Waals surface area contributed by atoms with Crippen molar-refractivity contribution in [1.29, 1.82) is 0 Å². The standard InChI is InChI=1S/C22H24N2O5/c1-5-15-13(4)18-17(20(29-12(2)3)19(23-18)22(27)28)21(26)24(15)11-16(25)14-9-7-6-8-10-14/h6-10,12,23H,5,11H2,1-4H3,(H,27,28). The average Bonchev–Trinajstić information content (AvgIpc) is 3.06. The number of carbonyl (C=O) groups excluding carboxylic acids is 1. The number of nitrogens with one attached hydrogen (secondary N) is 1. The van der Waals surface area contributed by atoms with Crippen LogP contribution in [0, 0.1) is 6.92 Å². The summed E-state index contributed by atoms with van der Waals surface area (Å²) in [6.07, 6.45) is 0.193. The quantitative estimate of drug-likeness (QED) is 0.595. The van der Waals surface area contributed by atoms with Crippen LogP contribution in [0.3, 0.4) is 0 Å². The predicted octanol–water partition coefficient (Wildman–Crippen LogP) is 3.57. The predicted molar refractivity (Wildman–Crippen MR) is 110 cm³/mol. The van der Waals surface area contributed by atoms with E-state index in [0.717, 1.165) is 5.56 Å². The molecule has 0 saturated heterocycles. The Morgan fingerprint density at radius 3 is 2.41 bits per heavy atom. The van der Waals surface area contributed by atoms with Gasteiger partial charge in [0.25, 0.3) is 5.56 Å². The number of hydrogen-bond acceptors (Lipinski definition) is 4. The van der Waals surface area contributed by atoms with Crippen molar-refractivity contribution in [2.75, 3.05) is 0 Å². The molecule has 0 fully saturated rings. The number of carbonyl (C=O) groups is 2. The first-order valence-corrected chi connectivity index (χ1v) is 9.52. The van der Waals surface area contributed by atoms with Crippen LogP contribution in [0.25, 0.3) is 10.9 Å². The number of Topliss-reactive ketones (excluding diaryl/α,β-unsaturated/α-hetero) is 1. The van der Waals surface area contributed by atoms with Gasteiger partial charge in [-0.2, -0.15) is 0 Å². The van der Waals surface area contributed by atoms with Crippen molar-refractivity contribution in [1.82, 2.24) is 9.55 Å². The maximum absolute atomic E-state index is 13.4. The lowest BCUT2D eigenvalue weighted by atomic mass is 10.1. The van der Waals surface area contributed by atoms with Gasteiger partial charge in [0.2, 0.25) is 0 Å². The number of nitrogens with zero attached hydrogens (tertiary/aromatic N) is 1. The number of carboxylic acids is 1. The lowest BCUT2D eigenvalue weighted by molar-refractivity contribution is 0.0685. The van der Waals surface area contributed by atoms with Crippen molar-refractivity contribution in [3.05, 3.63) is 63.2 Å².